The van der Waals surface area contributed by atoms with E-state index in [1.54, 1.807) is 32.0 Å². The molecule has 0 aliphatic rings. The monoisotopic (exact) mass is 353 g/mol. The average molecular weight is 354 g/mol. The van der Waals surface area contributed by atoms with E-state index in [-0.39, 0.29) is 11.4 Å². The fourth-order valence-electron chi connectivity index (χ4n) is 1.95. The van der Waals surface area contributed by atoms with Crippen LogP contribution in [0.5, 0.6) is 0 Å². The fourth-order valence-corrected chi connectivity index (χ4v) is 2.47. The molecule has 110 valence electrons. The summed E-state index contributed by atoms with van der Waals surface area (Å²) >= 11 is 3.15. The first-order valence-electron chi connectivity index (χ1n) is 6.41. The van der Waals surface area contributed by atoms with Crippen molar-refractivity contribution in [3.63, 3.8) is 0 Å². The molecule has 0 bridgehead atoms. The van der Waals surface area contributed by atoms with Crippen molar-refractivity contribution in [3.8, 4) is 0 Å². The lowest BCUT2D eigenvalue weighted by atomic mass is 10.1. The van der Waals surface area contributed by atoms with Crippen LogP contribution in [-0.2, 0) is 0 Å². The van der Waals surface area contributed by atoms with Gasteiger partial charge in [0, 0.05) is 4.47 Å². The topological polar surface area (TPSA) is 29.1 Å². The molecular formula is C16H14BrF2NO. The Balaban J connectivity index is 2.21. The van der Waals surface area contributed by atoms with Crippen LogP contribution in [0.4, 0.5) is 8.78 Å². The van der Waals surface area contributed by atoms with E-state index in [0.717, 1.165) is 0 Å². The molecule has 2 aromatic rings. The largest absolute Gasteiger partial charge is 0.345 e. The standard InChI is InChI=1S/C16H14BrF2NO/c1-9-6-7-11(8-14(9)19)10(2)20-16(21)15-12(17)4-3-5-13(15)18/h3-8,10H,1-2H3,(H,20,21). The van der Waals surface area contributed by atoms with Gasteiger partial charge in [-0.25, -0.2) is 8.78 Å². The highest BCUT2D eigenvalue weighted by atomic mass is 79.9. The van der Waals surface area contributed by atoms with Gasteiger partial charge in [-0.15, -0.1) is 0 Å². The predicted molar refractivity (Wildman–Crippen MR) is 81.1 cm³/mol. The molecule has 2 aromatic carbocycles. The summed E-state index contributed by atoms with van der Waals surface area (Å²) in [6, 6.07) is 8.64. The molecule has 0 aliphatic heterocycles. The van der Waals surface area contributed by atoms with Crippen molar-refractivity contribution >= 4 is 21.8 Å². The summed E-state index contributed by atoms with van der Waals surface area (Å²) in [6.07, 6.45) is 0. The Kier molecular flexibility index (Phi) is 4.73. The minimum absolute atomic E-state index is 0.0584. The number of hydrogen-bond donors (Lipinski definition) is 1. The molecule has 0 saturated heterocycles. The first kappa shape index (κ1) is 15.6. The number of rotatable bonds is 3. The molecule has 0 aromatic heterocycles. The summed E-state index contributed by atoms with van der Waals surface area (Å²) in [4.78, 5) is 12.1. The summed E-state index contributed by atoms with van der Waals surface area (Å²) in [6.45, 7) is 3.38. The number of aryl methyl sites for hydroxylation is 1. The number of carbonyl (C=O) groups excluding carboxylic acids is 1. The Morgan fingerprint density at radius 2 is 1.90 bits per heavy atom. The van der Waals surface area contributed by atoms with Crippen LogP contribution in [0.1, 0.15) is 34.5 Å². The Bertz CT molecular complexity index is 668. The van der Waals surface area contributed by atoms with Gasteiger partial charge < -0.3 is 5.32 Å². The SMILES string of the molecule is Cc1ccc(C(C)NC(=O)c2c(F)cccc2Br)cc1F. The van der Waals surface area contributed by atoms with Gasteiger partial charge in [0.2, 0.25) is 0 Å². The summed E-state index contributed by atoms with van der Waals surface area (Å²) in [7, 11) is 0. The Labute approximate surface area is 130 Å². The maximum atomic E-state index is 13.7. The number of benzene rings is 2. The molecule has 1 atom stereocenters. The van der Waals surface area contributed by atoms with Gasteiger partial charge in [0.05, 0.1) is 11.6 Å². The summed E-state index contributed by atoms with van der Waals surface area (Å²) in [5, 5.41) is 2.67. The van der Waals surface area contributed by atoms with Gasteiger partial charge in [0.15, 0.2) is 0 Å². The van der Waals surface area contributed by atoms with Crippen molar-refractivity contribution in [2.24, 2.45) is 0 Å². The Morgan fingerprint density at radius 3 is 2.52 bits per heavy atom. The van der Waals surface area contributed by atoms with Crippen LogP contribution in [0.25, 0.3) is 0 Å². The molecule has 0 heterocycles. The van der Waals surface area contributed by atoms with Crippen LogP contribution >= 0.6 is 15.9 Å². The van der Waals surface area contributed by atoms with Gasteiger partial charge in [0.1, 0.15) is 11.6 Å². The molecule has 0 spiro atoms. The molecule has 1 unspecified atom stereocenters. The van der Waals surface area contributed by atoms with Crippen molar-refractivity contribution in [1.29, 1.82) is 0 Å². The molecule has 21 heavy (non-hydrogen) atoms. The third-order valence-corrected chi connectivity index (χ3v) is 3.89. The third-order valence-electron chi connectivity index (χ3n) is 3.23. The van der Waals surface area contributed by atoms with Crippen LogP contribution in [0.15, 0.2) is 40.9 Å². The second-order valence-corrected chi connectivity index (χ2v) is 5.65. The lowest BCUT2D eigenvalue weighted by Crippen LogP contribution is -2.27. The van der Waals surface area contributed by atoms with Gasteiger partial charge in [0.25, 0.3) is 5.91 Å². The zero-order valence-corrected chi connectivity index (χ0v) is 13.2. The number of hydrogen-bond acceptors (Lipinski definition) is 1. The lowest BCUT2D eigenvalue weighted by Gasteiger charge is -2.16. The molecular weight excluding hydrogens is 340 g/mol. The van der Waals surface area contributed by atoms with E-state index in [1.165, 1.54) is 18.2 Å². The Morgan fingerprint density at radius 1 is 1.19 bits per heavy atom. The smallest absolute Gasteiger partial charge is 0.255 e. The zero-order chi connectivity index (χ0) is 15.6. The molecule has 5 heteroatoms. The molecule has 0 fully saturated rings. The van der Waals surface area contributed by atoms with Crippen molar-refractivity contribution in [1.82, 2.24) is 5.32 Å². The highest BCUT2D eigenvalue weighted by Gasteiger charge is 2.18. The first-order valence-corrected chi connectivity index (χ1v) is 7.20. The van der Waals surface area contributed by atoms with Gasteiger partial charge >= 0.3 is 0 Å². The minimum Gasteiger partial charge on any atom is -0.345 e. The van der Waals surface area contributed by atoms with Crippen LogP contribution in [0.3, 0.4) is 0 Å². The second kappa shape index (κ2) is 6.35. The molecule has 2 rings (SSSR count). The van der Waals surface area contributed by atoms with Crippen LogP contribution < -0.4 is 5.32 Å². The number of nitrogens with one attached hydrogen (secondary N) is 1. The maximum Gasteiger partial charge on any atom is 0.255 e. The van der Waals surface area contributed by atoms with Crippen LogP contribution in [0.2, 0.25) is 0 Å². The van der Waals surface area contributed by atoms with Crippen molar-refractivity contribution in [2.45, 2.75) is 19.9 Å². The van der Waals surface area contributed by atoms with Gasteiger partial charge in [-0.1, -0.05) is 18.2 Å². The highest BCUT2D eigenvalue weighted by molar-refractivity contribution is 9.10. The van der Waals surface area contributed by atoms with Crippen LogP contribution in [0, 0.1) is 18.6 Å². The summed E-state index contributed by atoms with van der Waals surface area (Å²) in [5.41, 5.74) is 1.10. The fraction of sp³-hybridized carbons (Fsp3) is 0.188. The predicted octanol–water partition coefficient (Wildman–Crippen LogP) is 4.53. The number of carbonyl (C=O) groups is 1. The van der Waals surface area contributed by atoms with E-state index in [2.05, 4.69) is 21.2 Å². The van der Waals surface area contributed by atoms with E-state index in [0.29, 0.717) is 15.6 Å². The Hall–Kier alpha value is -1.75. The lowest BCUT2D eigenvalue weighted by molar-refractivity contribution is 0.0935. The van der Waals surface area contributed by atoms with Crippen molar-refractivity contribution < 1.29 is 13.6 Å². The molecule has 2 nitrogen and oxygen atoms in total. The van der Waals surface area contributed by atoms with E-state index < -0.39 is 17.8 Å². The van der Waals surface area contributed by atoms with Crippen molar-refractivity contribution in [3.05, 3.63) is 69.2 Å². The second-order valence-electron chi connectivity index (χ2n) is 4.80. The van der Waals surface area contributed by atoms with Gasteiger partial charge in [-0.2, -0.15) is 0 Å². The first-order chi connectivity index (χ1) is 9.90. The number of halogens is 3. The molecule has 1 N–H and O–H groups in total. The molecule has 0 aliphatic carbocycles. The third kappa shape index (κ3) is 3.47. The van der Waals surface area contributed by atoms with Crippen LogP contribution in [-0.4, -0.2) is 5.91 Å². The minimum atomic E-state index is -0.607. The maximum absolute atomic E-state index is 13.7. The van der Waals surface area contributed by atoms with E-state index in [4.69, 9.17) is 0 Å². The zero-order valence-electron chi connectivity index (χ0n) is 11.6. The summed E-state index contributed by atoms with van der Waals surface area (Å²) in [5.74, 6) is -1.49. The molecule has 0 radical (unpaired) electrons. The van der Waals surface area contributed by atoms with Crippen molar-refractivity contribution in [2.75, 3.05) is 0 Å². The summed E-state index contributed by atoms with van der Waals surface area (Å²) < 4.78 is 27.6. The normalized spacial score (nSPS) is 12.0. The average Bonchev–Trinajstić information content (AvgIpc) is 2.41. The molecule has 0 saturated carbocycles. The van der Waals surface area contributed by atoms with Gasteiger partial charge in [-0.3, -0.25) is 4.79 Å². The van der Waals surface area contributed by atoms with Gasteiger partial charge in [-0.05, 0) is 59.1 Å². The van der Waals surface area contributed by atoms with E-state index in [1.807, 2.05) is 0 Å². The quantitative estimate of drug-likeness (QED) is 0.862. The van der Waals surface area contributed by atoms with E-state index in [9.17, 15) is 13.6 Å². The number of amides is 1. The highest BCUT2D eigenvalue weighted by Crippen LogP contribution is 2.22. The molecule has 1 amide bonds. The van der Waals surface area contributed by atoms with E-state index >= 15 is 0 Å².